The predicted molar refractivity (Wildman–Crippen MR) is 187 cm³/mol. The van der Waals surface area contributed by atoms with Crippen LogP contribution in [0, 0.1) is 0 Å². The summed E-state index contributed by atoms with van der Waals surface area (Å²) in [4.78, 5) is 0. The van der Waals surface area contributed by atoms with Crippen molar-refractivity contribution < 1.29 is 56.8 Å². The van der Waals surface area contributed by atoms with Gasteiger partial charge in [-0.3, -0.25) is 0 Å². The average Bonchev–Trinajstić information content (AvgIpc) is 3.85. The van der Waals surface area contributed by atoms with Crippen molar-refractivity contribution in [2.75, 3.05) is 26.4 Å². The van der Waals surface area contributed by atoms with Crippen LogP contribution in [0.5, 0.6) is 0 Å². The summed E-state index contributed by atoms with van der Waals surface area (Å²) in [5, 5.41) is 0. The van der Waals surface area contributed by atoms with Crippen molar-refractivity contribution in [3.63, 3.8) is 0 Å². The van der Waals surface area contributed by atoms with E-state index in [1.165, 1.54) is 0 Å². The largest absolute Gasteiger partial charge is 0.368 e. The molecule has 0 N–H and O–H groups in total. The molecule has 4 fully saturated rings. The van der Waals surface area contributed by atoms with Crippen LogP contribution >= 0.6 is 0 Å². The van der Waals surface area contributed by atoms with E-state index >= 15 is 0 Å². The van der Waals surface area contributed by atoms with E-state index in [4.69, 9.17) is 56.8 Å². The van der Waals surface area contributed by atoms with Crippen LogP contribution in [0.3, 0.4) is 0 Å². The van der Waals surface area contributed by atoms with Gasteiger partial charge in [-0.05, 0) is 77.6 Å². The maximum atomic E-state index is 6.88. The first kappa shape index (κ1) is 38.2. The Hall–Kier alpha value is -2.04. The van der Waals surface area contributed by atoms with Crippen molar-refractivity contribution in [3.8, 4) is 0 Å². The molecule has 2 aromatic carbocycles. The van der Waals surface area contributed by atoms with E-state index in [0.29, 0.717) is 26.4 Å². The molecule has 8 atom stereocenters. The second kappa shape index (κ2) is 15.2. The highest BCUT2D eigenvalue weighted by Crippen LogP contribution is 2.36. The predicted octanol–water partition coefficient (Wildman–Crippen LogP) is 5.55. The maximum absolute atomic E-state index is 6.88. The molecule has 12 heteroatoms. The van der Waals surface area contributed by atoms with Gasteiger partial charge in [0.25, 0.3) is 0 Å². The Labute approximate surface area is 307 Å². The summed E-state index contributed by atoms with van der Waals surface area (Å²) >= 11 is 0. The summed E-state index contributed by atoms with van der Waals surface area (Å²) in [7, 11) is 0. The van der Waals surface area contributed by atoms with Crippen LogP contribution in [-0.4, -0.2) is 98.4 Å². The molecule has 12 nitrogen and oxygen atoms in total. The number of fused-ring (bicyclic) bond motifs is 2. The Bertz CT molecular complexity index is 1290. The lowest BCUT2D eigenvalue weighted by molar-refractivity contribution is -0.211. The second-order valence-electron chi connectivity index (χ2n) is 16.1. The van der Waals surface area contributed by atoms with E-state index in [2.05, 4.69) is 24.3 Å². The van der Waals surface area contributed by atoms with E-state index < -0.39 is 72.0 Å². The van der Waals surface area contributed by atoms with Crippen molar-refractivity contribution in [2.45, 2.75) is 154 Å². The molecule has 0 saturated carbocycles. The van der Waals surface area contributed by atoms with Crippen LogP contribution in [0.1, 0.15) is 77.6 Å². The molecule has 0 bridgehead atoms. The number of hydrogen-bond acceptors (Lipinski definition) is 12. The minimum atomic E-state index is -0.773. The van der Waals surface area contributed by atoms with Crippen molar-refractivity contribution in [1.29, 1.82) is 0 Å². The second-order valence-corrected chi connectivity index (χ2v) is 16.1. The minimum Gasteiger partial charge on any atom is -0.368 e. The van der Waals surface area contributed by atoms with Gasteiger partial charge in [-0.15, -0.1) is 0 Å². The Morgan fingerprint density at radius 2 is 0.577 bits per heavy atom. The van der Waals surface area contributed by atoms with Crippen molar-refractivity contribution in [2.24, 2.45) is 0 Å². The van der Waals surface area contributed by atoms with Gasteiger partial charge in [-0.25, -0.2) is 0 Å². The number of hydrogen-bond donors (Lipinski definition) is 0. The summed E-state index contributed by atoms with van der Waals surface area (Å²) < 4.78 is 77.5. The van der Waals surface area contributed by atoms with Crippen molar-refractivity contribution >= 4 is 0 Å². The van der Waals surface area contributed by atoms with Gasteiger partial charge in [-0.2, -0.15) is 0 Å². The average molecular weight is 729 g/mol. The monoisotopic (exact) mass is 728 g/mol. The smallest absolute Gasteiger partial charge is 0.163 e. The van der Waals surface area contributed by atoms with Crippen molar-refractivity contribution in [3.05, 3.63) is 70.8 Å². The van der Waals surface area contributed by atoms with Crippen LogP contribution < -0.4 is 0 Å². The van der Waals surface area contributed by atoms with E-state index in [0.717, 1.165) is 22.3 Å². The first-order valence-electron chi connectivity index (χ1n) is 18.5. The molecule has 52 heavy (non-hydrogen) atoms. The van der Waals surface area contributed by atoms with Gasteiger partial charge in [0.05, 0.1) is 52.9 Å². The van der Waals surface area contributed by atoms with Gasteiger partial charge in [0, 0.05) is 0 Å². The standard InChI is InChI=1S/C40H56O12/c1-37(2)45-21-29(49-37)33-34(30-22-46-38(3,4)50-30)42-18-26-14-11-12-16-28(26)20-44-36(32-24-48-40(7,8)52-32)35(31-23-47-39(5,6)51-31)43-19-27-15-10-9-13-25(27)17-41-33/h9-16,29-36H,17-24H2,1-8H3/t29-,30-,31-,32-,33-,34-,35-,36-/m1/s1. The molecule has 0 radical (unpaired) electrons. The molecule has 0 aromatic heterocycles. The third-order valence-corrected chi connectivity index (χ3v) is 10.2. The van der Waals surface area contributed by atoms with Gasteiger partial charge in [0.2, 0.25) is 0 Å². The first-order valence-corrected chi connectivity index (χ1v) is 18.5. The summed E-state index contributed by atoms with van der Waals surface area (Å²) in [5.41, 5.74) is 3.86. The highest BCUT2D eigenvalue weighted by molar-refractivity contribution is 5.27. The van der Waals surface area contributed by atoms with Gasteiger partial charge in [-0.1, -0.05) is 48.5 Å². The topological polar surface area (TPSA) is 111 Å². The van der Waals surface area contributed by atoms with Crippen LogP contribution in [0.15, 0.2) is 48.5 Å². The number of benzene rings is 2. The molecule has 5 heterocycles. The molecule has 0 unspecified atom stereocenters. The lowest BCUT2D eigenvalue weighted by Crippen LogP contribution is -2.50. The van der Waals surface area contributed by atoms with E-state index in [1.807, 2.05) is 79.7 Å². The fourth-order valence-corrected chi connectivity index (χ4v) is 7.59. The van der Waals surface area contributed by atoms with Gasteiger partial charge in [0.15, 0.2) is 23.1 Å². The molecule has 5 aliphatic rings. The zero-order valence-corrected chi connectivity index (χ0v) is 31.8. The van der Waals surface area contributed by atoms with Crippen molar-refractivity contribution in [1.82, 2.24) is 0 Å². The fraction of sp³-hybridized carbons (Fsp3) is 0.700. The summed E-state index contributed by atoms with van der Waals surface area (Å²) in [6, 6.07) is 16.2. The number of rotatable bonds is 4. The third kappa shape index (κ3) is 9.07. The van der Waals surface area contributed by atoms with Gasteiger partial charge < -0.3 is 56.8 Å². The Kier molecular flexibility index (Phi) is 11.2. The van der Waals surface area contributed by atoms with Crippen LogP contribution in [0.4, 0.5) is 0 Å². The highest BCUT2D eigenvalue weighted by Gasteiger charge is 2.50. The van der Waals surface area contributed by atoms with Gasteiger partial charge in [0.1, 0.15) is 48.8 Å². The van der Waals surface area contributed by atoms with E-state index in [-0.39, 0.29) is 26.4 Å². The third-order valence-electron chi connectivity index (χ3n) is 10.2. The summed E-state index contributed by atoms with van der Waals surface area (Å²) in [5.74, 6) is -3.09. The SMILES string of the molecule is CC1(C)OC[C@H]([C@H]2OCc3ccccc3CO[C@H]([C@H]3COC(C)(C)O3)[C@@H]([C@H]3COC(C)(C)O3)OCc3ccccc3CO[C@@H]2[C@H]2COC(C)(C)O2)O1. The molecule has 5 aliphatic heterocycles. The zero-order valence-electron chi connectivity index (χ0n) is 31.8. The zero-order chi connectivity index (χ0) is 36.7. The molecule has 0 spiro atoms. The van der Waals surface area contributed by atoms with Gasteiger partial charge >= 0.3 is 0 Å². The summed E-state index contributed by atoms with van der Waals surface area (Å²) in [6.07, 6.45) is -3.89. The molecule has 2 aromatic rings. The Morgan fingerprint density at radius 3 is 0.750 bits per heavy atom. The summed E-state index contributed by atoms with van der Waals surface area (Å²) in [6.45, 7) is 17.7. The molecular formula is C40H56O12. The maximum Gasteiger partial charge on any atom is 0.163 e. The van der Waals surface area contributed by atoms with Crippen LogP contribution in [0.2, 0.25) is 0 Å². The molecule has 0 amide bonds. The molecule has 288 valence electrons. The van der Waals surface area contributed by atoms with E-state index in [1.54, 1.807) is 0 Å². The number of ether oxygens (including phenoxy) is 12. The molecule has 0 aliphatic carbocycles. The molecular weight excluding hydrogens is 672 g/mol. The lowest BCUT2D eigenvalue weighted by Gasteiger charge is -2.36. The minimum absolute atomic E-state index is 0.270. The Balaban J connectivity index is 1.26. The fourth-order valence-electron chi connectivity index (χ4n) is 7.59. The van der Waals surface area contributed by atoms with Crippen LogP contribution in [-0.2, 0) is 83.3 Å². The first-order chi connectivity index (χ1) is 24.7. The lowest BCUT2D eigenvalue weighted by atomic mass is 10.0. The van der Waals surface area contributed by atoms with Crippen LogP contribution in [0.25, 0.3) is 0 Å². The quantitative estimate of drug-likeness (QED) is 0.394. The van der Waals surface area contributed by atoms with E-state index in [9.17, 15) is 0 Å². The molecule has 7 rings (SSSR count). The molecule has 4 saturated heterocycles. The normalized spacial score (nSPS) is 36.3. The highest BCUT2D eigenvalue weighted by atomic mass is 16.8. The Morgan fingerprint density at radius 1 is 0.365 bits per heavy atom.